The minimum atomic E-state index is -0.0924. The van der Waals surface area contributed by atoms with Crippen LogP contribution in [0.2, 0.25) is 0 Å². The lowest BCUT2D eigenvalue weighted by Crippen LogP contribution is -2.23. The number of carbonyl (C=O) groups excluding carboxylic acids is 1. The van der Waals surface area contributed by atoms with Crippen LogP contribution in [0.1, 0.15) is 33.4 Å². The highest BCUT2D eigenvalue weighted by atomic mass is 32.1. The Kier molecular flexibility index (Phi) is 5.33. The van der Waals surface area contributed by atoms with Crippen LogP contribution in [-0.2, 0) is 6.42 Å². The predicted molar refractivity (Wildman–Crippen MR) is 85.2 cm³/mol. The van der Waals surface area contributed by atoms with E-state index in [0.29, 0.717) is 24.5 Å². The van der Waals surface area contributed by atoms with E-state index in [1.807, 2.05) is 38.4 Å². The van der Waals surface area contributed by atoms with Crippen LogP contribution in [0.25, 0.3) is 0 Å². The maximum absolute atomic E-state index is 12.1. The summed E-state index contributed by atoms with van der Waals surface area (Å²) in [4.78, 5) is 17.5. The van der Waals surface area contributed by atoms with Gasteiger partial charge in [-0.15, -0.1) is 11.3 Å². The molecule has 0 saturated heterocycles. The van der Waals surface area contributed by atoms with Crippen LogP contribution < -0.4 is 10.1 Å². The van der Waals surface area contributed by atoms with Gasteiger partial charge in [-0.05, 0) is 32.4 Å². The van der Waals surface area contributed by atoms with Crippen LogP contribution in [0.3, 0.4) is 0 Å². The number of ether oxygens (including phenoxy) is 1. The molecule has 4 nitrogen and oxygen atoms in total. The average molecular weight is 304 g/mol. The SMILES string of the molecule is CCNC(=O)c1cccc(C)c1OCCc1scnc1C. The molecule has 0 aliphatic rings. The monoisotopic (exact) mass is 304 g/mol. The number of rotatable bonds is 6. The Morgan fingerprint density at radius 1 is 1.38 bits per heavy atom. The van der Waals surface area contributed by atoms with Gasteiger partial charge in [0.05, 0.1) is 23.4 Å². The first-order valence-electron chi connectivity index (χ1n) is 7.03. The first-order chi connectivity index (χ1) is 10.1. The molecule has 0 radical (unpaired) electrons. The fraction of sp³-hybridized carbons (Fsp3) is 0.375. The lowest BCUT2D eigenvalue weighted by molar-refractivity contribution is 0.0951. The van der Waals surface area contributed by atoms with E-state index in [9.17, 15) is 4.79 Å². The summed E-state index contributed by atoms with van der Waals surface area (Å²) in [6.07, 6.45) is 0.805. The zero-order valence-electron chi connectivity index (χ0n) is 12.6. The molecule has 2 aromatic rings. The quantitative estimate of drug-likeness (QED) is 0.892. The topological polar surface area (TPSA) is 51.2 Å². The molecule has 0 fully saturated rings. The van der Waals surface area contributed by atoms with Crippen molar-refractivity contribution in [2.24, 2.45) is 0 Å². The molecule has 0 aliphatic carbocycles. The molecule has 0 saturated carbocycles. The van der Waals surface area contributed by atoms with Crippen LogP contribution in [-0.4, -0.2) is 24.0 Å². The van der Waals surface area contributed by atoms with E-state index in [1.54, 1.807) is 17.4 Å². The van der Waals surface area contributed by atoms with Gasteiger partial charge < -0.3 is 10.1 Å². The summed E-state index contributed by atoms with van der Waals surface area (Å²) in [5.41, 5.74) is 4.47. The molecule has 5 heteroatoms. The number of aryl methyl sites for hydroxylation is 2. The van der Waals surface area contributed by atoms with E-state index in [1.165, 1.54) is 4.88 Å². The third kappa shape index (κ3) is 3.82. The van der Waals surface area contributed by atoms with Crippen molar-refractivity contribution in [2.75, 3.05) is 13.2 Å². The zero-order valence-corrected chi connectivity index (χ0v) is 13.4. The van der Waals surface area contributed by atoms with Crippen LogP contribution in [0.4, 0.5) is 0 Å². The van der Waals surface area contributed by atoms with E-state index in [0.717, 1.165) is 17.7 Å². The second-order valence-electron chi connectivity index (χ2n) is 4.77. The number of nitrogens with zero attached hydrogens (tertiary/aromatic N) is 1. The fourth-order valence-electron chi connectivity index (χ4n) is 2.09. The molecule has 1 N–H and O–H groups in total. The number of amides is 1. The van der Waals surface area contributed by atoms with Crippen molar-refractivity contribution < 1.29 is 9.53 Å². The average Bonchev–Trinajstić information content (AvgIpc) is 2.86. The maximum atomic E-state index is 12.1. The predicted octanol–water partition coefficient (Wildman–Crippen LogP) is 3.13. The Labute approximate surface area is 129 Å². The molecule has 21 heavy (non-hydrogen) atoms. The molecule has 0 unspecified atom stereocenters. The van der Waals surface area contributed by atoms with Crippen molar-refractivity contribution in [3.63, 3.8) is 0 Å². The number of thiazole rings is 1. The third-order valence-corrected chi connectivity index (χ3v) is 4.21. The highest BCUT2D eigenvalue weighted by Crippen LogP contribution is 2.24. The lowest BCUT2D eigenvalue weighted by atomic mass is 10.1. The fourth-order valence-corrected chi connectivity index (χ4v) is 2.85. The summed E-state index contributed by atoms with van der Waals surface area (Å²) in [5.74, 6) is 0.579. The Hall–Kier alpha value is -1.88. The smallest absolute Gasteiger partial charge is 0.255 e. The van der Waals surface area contributed by atoms with Crippen molar-refractivity contribution in [1.82, 2.24) is 10.3 Å². The van der Waals surface area contributed by atoms with Crippen LogP contribution >= 0.6 is 11.3 Å². The van der Waals surface area contributed by atoms with Gasteiger partial charge in [0, 0.05) is 17.8 Å². The van der Waals surface area contributed by atoms with Gasteiger partial charge in [-0.3, -0.25) is 4.79 Å². The summed E-state index contributed by atoms with van der Waals surface area (Å²) < 4.78 is 5.88. The lowest BCUT2D eigenvalue weighted by Gasteiger charge is -2.13. The van der Waals surface area contributed by atoms with E-state index >= 15 is 0 Å². The highest BCUT2D eigenvalue weighted by Gasteiger charge is 2.14. The Balaban J connectivity index is 2.08. The van der Waals surface area contributed by atoms with E-state index in [-0.39, 0.29) is 5.91 Å². The molecule has 0 bridgehead atoms. The largest absolute Gasteiger partial charge is 0.492 e. The standard InChI is InChI=1S/C16H20N2O2S/c1-4-17-16(19)13-7-5-6-11(2)15(13)20-9-8-14-12(3)18-10-21-14/h5-7,10H,4,8-9H2,1-3H3,(H,17,19). The second kappa shape index (κ2) is 7.22. The van der Waals surface area contributed by atoms with Gasteiger partial charge in [0.25, 0.3) is 5.91 Å². The number of carbonyl (C=O) groups is 1. The number of nitrogens with one attached hydrogen (secondary N) is 1. The molecule has 1 heterocycles. The number of benzene rings is 1. The normalized spacial score (nSPS) is 10.4. The van der Waals surface area contributed by atoms with Crippen molar-refractivity contribution in [1.29, 1.82) is 0 Å². The first kappa shape index (κ1) is 15.5. The molecular weight excluding hydrogens is 284 g/mol. The minimum absolute atomic E-state index is 0.0924. The van der Waals surface area contributed by atoms with E-state index in [2.05, 4.69) is 10.3 Å². The molecule has 0 atom stereocenters. The molecule has 1 amide bonds. The summed E-state index contributed by atoms with van der Waals surface area (Å²) in [5, 5.41) is 2.82. The molecule has 112 valence electrons. The maximum Gasteiger partial charge on any atom is 0.255 e. The molecular formula is C16H20N2O2S. The molecule has 1 aromatic heterocycles. The van der Waals surface area contributed by atoms with E-state index < -0.39 is 0 Å². The van der Waals surface area contributed by atoms with Crippen molar-refractivity contribution in [3.8, 4) is 5.75 Å². The second-order valence-corrected chi connectivity index (χ2v) is 5.71. The van der Waals surface area contributed by atoms with E-state index in [4.69, 9.17) is 4.74 Å². The van der Waals surface area contributed by atoms with Crippen LogP contribution in [0.15, 0.2) is 23.7 Å². The van der Waals surface area contributed by atoms with Gasteiger partial charge >= 0.3 is 0 Å². The number of para-hydroxylation sites is 1. The Morgan fingerprint density at radius 2 is 2.19 bits per heavy atom. The summed E-state index contributed by atoms with van der Waals surface area (Å²) in [6.45, 7) is 7.00. The highest BCUT2D eigenvalue weighted by molar-refractivity contribution is 7.09. The molecule has 1 aromatic carbocycles. The van der Waals surface area contributed by atoms with Gasteiger partial charge in [0.15, 0.2) is 0 Å². The summed E-state index contributed by atoms with van der Waals surface area (Å²) >= 11 is 1.64. The molecule has 2 rings (SSSR count). The van der Waals surface area contributed by atoms with Gasteiger partial charge in [-0.25, -0.2) is 4.98 Å². The number of aromatic nitrogens is 1. The zero-order chi connectivity index (χ0) is 15.2. The van der Waals surface area contributed by atoms with Gasteiger partial charge in [-0.1, -0.05) is 12.1 Å². The number of hydrogen-bond donors (Lipinski definition) is 1. The van der Waals surface area contributed by atoms with Gasteiger partial charge in [0.2, 0.25) is 0 Å². The van der Waals surface area contributed by atoms with Crippen LogP contribution in [0, 0.1) is 13.8 Å². The van der Waals surface area contributed by atoms with Crippen molar-refractivity contribution >= 4 is 17.2 Å². The first-order valence-corrected chi connectivity index (χ1v) is 7.91. The summed E-state index contributed by atoms with van der Waals surface area (Å²) in [7, 11) is 0. The van der Waals surface area contributed by atoms with Gasteiger partial charge in [0.1, 0.15) is 5.75 Å². The minimum Gasteiger partial charge on any atom is -0.492 e. The Bertz CT molecular complexity index is 622. The molecule has 0 spiro atoms. The van der Waals surface area contributed by atoms with Gasteiger partial charge in [-0.2, -0.15) is 0 Å². The third-order valence-electron chi connectivity index (χ3n) is 3.21. The summed E-state index contributed by atoms with van der Waals surface area (Å²) in [6, 6.07) is 5.63. The van der Waals surface area contributed by atoms with Crippen molar-refractivity contribution in [2.45, 2.75) is 27.2 Å². The number of hydrogen-bond acceptors (Lipinski definition) is 4. The van der Waals surface area contributed by atoms with Crippen molar-refractivity contribution in [3.05, 3.63) is 45.4 Å². The Morgan fingerprint density at radius 3 is 2.86 bits per heavy atom. The van der Waals surface area contributed by atoms with Crippen LogP contribution in [0.5, 0.6) is 5.75 Å². The molecule has 0 aliphatic heterocycles.